The van der Waals surface area contributed by atoms with E-state index in [1.807, 2.05) is 11.9 Å². The molecule has 2 heterocycles. The molecule has 2 rings (SSSR count). The summed E-state index contributed by atoms with van der Waals surface area (Å²) in [5.41, 5.74) is 0.0708. The highest BCUT2D eigenvalue weighted by atomic mass is 79.9. The van der Waals surface area contributed by atoms with Crippen LogP contribution in [0.25, 0.3) is 0 Å². The molecule has 1 aliphatic rings. The van der Waals surface area contributed by atoms with Gasteiger partial charge in [0.05, 0.1) is 4.92 Å². The molecule has 19 heavy (non-hydrogen) atoms. The van der Waals surface area contributed by atoms with E-state index < -0.39 is 0 Å². The first-order valence-corrected chi connectivity index (χ1v) is 7.10. The van der Waals surface area contributed by atoms with Crippen LogP contribution in [0.4, 0.5) is 11.5 Å². The Hall–Kier alpha value is -1.21. The van der Waals surface area contributed by atoms with Gasteiger partial charge in [0.25, 0.3) is 0 Å². The molecule has 1 aliphatic heterocycles. The van der Waals surface area contributed by atoms with Crippen molar-refractivity contribution in [2.45, 2.75) is 12.8 Å². The molecule has 6 nitrogen and oxygen atoms in total. The largest absolute Gasteiger partial charge is 0.351 e. The second-order valence-electron chi connectivity index (χ2n) is 4.74. The van der Waals surface area contributed by atoms with Crippen molar-refractivity contribution in [3.05, 3.63) is 26.9 Å². The fourth-order valence-electron chi connectivity index (χ4n) is 2.44. The molecule has 0 bridgehead atoms. The lowest BCUT2D eigenvalue weighted by molar-refractivity contribution is -0.384. The first kappa shape index (κ1) is 14.2. The number of hydrogen-bond acceptors (Lipinski definition) is 5. The summed E-state index contributed by atoms with van der Waals surface area (Å²) in [6.45, 7) is 2.65. The number of hydrogen-bond donors (Lipinski definition) is 1. The van der Waals surface area contributed by atoms with Crippen molar-refractivity contribution in [1.82, 2.24) is 10.3 Å². The highest BCUT2D eigenvalue weighted by molar-refractivity contribution is 9.10. The van der Waals surface area contributed by atoms with Gasteiger partial charge in [-0.05, 0) is 48.3 Å². The van der Waals surface area contributed by atoms with Gasteiger partial charge in [0.15, 0.2) is 0 Å². The number of aromatic nitrogens is 1. The van der Waals surface area contributed by atoms with Crippen LogP contribution in [-0.2, 0) is 0 Å². The Bertz CT molecular complexity index is 461. The van der Waals surface area contributed by atoms with Crippen LogP contribution >= 0.6 is 15.9 Å². The number of halogens is 1. The average molecular weight is 329 g/mol. The van der Waals surface area contributed by atoms with Crippen molar-refractivity contribution < 1.29 is 4.92 Å². The van der Waals surface area contributed by atoms with Crippen LogP contribution in [0.2, 0.25) is 0 Å². The summed E-state index contributed by atoms with van der Waals surface area (Å²) in [6.07, 6.45) is 3.69. The number of nitrogens with zero attached hydrogens (tertiary/aromatic N) is 3. The second-order valence-corrected chi connectivity index (χ2v) is 5.66. The van der Waals surface area contributed by atoms with Crippen LogP contribution in [0.15, 0.2) is 16.7 Å². The maximum Gasteiger partial charge on any atom is 0.312 e. The third-order valence-corrected chi connectivity index (χ3v) is 3.85. The Balaban J connectivity index is 2.13. The van der Waals surface area contributed by atoms with Gasteiger partial charge in [0.2, 0.25) is 5.82 Å². The zero-order valence-corrected chi connectivity index (χ0v) is 12.4. The summed E-state index contributed by atoms with van der Waals surface area (Å²) >= 11 is 3.22. The highest BCUT2D eigenvalue weighted by Gasteiger charge is 2.25. The van der Waals surface area contributed by atoms with E-state index in [0.29, 0.717) is 16.2 Å². The lowest BCUT2D eigenvalue weighted by atomic mass is 9.97. The molecule has 0 aliphatic carbocycles. The molecule has 0 spiro atoms. The number of anilines is 1. The smallest absolute Gasteiger partial charge is 0.312 e. The molecule has 104 valence electrons. The summed E-state index contributed by atoms with van der Waals surface area (Å²) in [7, 11) is 1.95. The summed E-state index contributed by atoms with van der Waals surface area (Å²) in [5.74, 6) is 1.13. The molecule has 0 saturated carbocycles. The number of nitro groups is 1. The quantitative estimate of drug-likeness (QED) is 0.677. The number of pyridine rings is 1. The molecule has 1 aromatic rings. The third-order valence-electron chi connectivity index (χ3n) is 3.42. The summed E-state index contributed by atoms with van der Waals surface area (Å²) in [6, 6.07) is 1.52. The molecule has 0 atom stereocenters. The molecule has 7 heteroatoms. The van der Waals surface area contributed by atoms with Crippen LogP contribution in [0.1, 0.15) is 12.8 Å². The Morgan fingerprint density at radius 1 is 1.58 bits per heavy atom. The number of nitrogens with one attached hydrogen (secondary N) is 1. The van der Waals surface area contributed by atoms with Crippen molar-refractivity contribution >= 4 is 27.4 Å². The van der Waals surface area contributed by atoms with Gasteiger partial charge in [-0.2, -0.15) is 0 Å². The standard InChI is InChI=1S/C12H17BrN4O2/c1-14-7-9-2-4-16(5-3-9)12-11(17(18)19)6-10(13)8-15-12/h6,8-9,14H,2-5,7H2,1H3. The fraction of sp³-hybridized carbons (Fsp3) is 0.583. The maximum absolute atomic E-state index is 11.1. The normalized spacial score (nSPS) is 16.6. The van der Waals surface area contributed by atoms with Gasteiger partial charge in [-0.1, -0.05) is 0 Å². The lowest BCUT2D eigenvalue weighted by Crippen LogP contribution is -2.37. The Morgan fingerprint density at radius 3 is 2.84 bits per heavy atom. The van der Waals surface area contributed by atoms with Crippen molar-refractivity contribution in [3.8, 4) is 0 Å². The summed E-state index contributed by atoms with van der Waals surface area (Å²) < 4.78 is 0.632. The lowest BCUT2D eigenvalue weighted by Gasteiger charge is -2.32. The third kappa shape index (κ3) is 3.42. The Kier molecular flexibility index (Phi) is 4.71. The van der Waals surface area contributed by atoms with E-state index in [4.69, 9.17) is 0 Å². The monoisotopic (exact) mass is 328 g/mol. The fourth-order valence-corrected chi connectivity index (χ4v) is 2.76. The molecule has 1 fully saturated rings. The van der Waals surface area contributed by atoms with Crippen LogP contribution in [0.3, 0.4) is 0 Å². The average Bonchev–Trinajstić information content (AvgIpc) is 2.40. The topological polar surface area (TPSA) is 71.3 Å². The molecular weight excluding hydrogens is 312 g/mol. The van der Waals surface area contributed by atoms with E-state index in [9.17, 15) is 10.1 Å². The van der Waals surface area contributed by atoms with Gasteiger partial charge < -0.3 is 10.2 Å². The van der Waals surface area contributed by atoms with E-state index in [1.165, 1.54) is 6.07 Å². The van der Waals surface area contributed by atoms with Crippen molar-refractivity contribution in [1.29, 1.82) is 0 Å². The number of piperidine rings is 1. The van der Waals surface area contributed by atoms with Gasteiger partial charge >= 0.3 is 5.69 Å². The minimum Gasteiger partial charge on any atom is -0.351 e. The van der Waals surface area contributed by atoms with Gasteiger partial charge in [-0.15, -0.1) is 0 Å². The number of rotatable bonds is 4. The second kappa shape index (κ2) is 6.29. The first-order valence-electron chi connectivity index (χ1n) is 6.31. The minimum atomic E-state index is -0.368. The molecule has 0 unspecified atom stereocenters. The van der Waals surface area contributed by atoms with E-state index in [-0.39, 0.29) is 10.6 Å². The highest BCUT2D eigenvalue weighted by Crippen LogP contribution is 2.31. The Labute approximate surface area is 120 Å². The first-order chi connectivity index (χ1) is 9.11. The maximum atomic E-state index is 11.1. The SMILES string of the molecule is CNCC1CCN(c2ncc(Br)cc2[N+](=O)[O-])CC1. The van der Waals surface area contributed by atoms with Crippen LogP contribution in [0, 0.1) is 16.0 Å². The minimum absolute atomic E-state index is 0.0708. The molecule has 1 N–H and O–H groups in total. The molecule has 1 saturated heterocycles. The van der Waals surface area contributed by atoms with E-state index in [1.54, 1.807) is 6.20 Å². The van der Waals surface area contributed by atoms with Crippen LogP contribution in [0.5, 0.6) is 0 Å². The summed E-state index contributed by atoms with van der Waals surface area (Å²) in [5, 5.41) is 14.3. The van der Waals surface area contributed by atoms with E-state index in [0.717, 1.165) is 32.5 Å². The van der Waals surface area contributed by atoms with Crippen LogP contribution < -0.4 is 10.2 Å². The zero-order valence-electron chi connectivity index (χ0n) is 10.8. The van der Waals surface area contributed by atoms with Crippen LogP contribution in [-0.4, -0.2) is 36.6 Å². The van der Waals surface area contributed by atoms with Crippen molar-refractivity contribution in [2.75, 3.05) is 31.6 Å². The van der Waals surface area contributed by atoms with Crippen molar-refractivity contribution in [2.24, 2.45) is 5.92 Å². The van der Waals surface area contributed by atoms with Crippen molar-refractivity contribution in [3.63, 3.8) is 0 Å². The Morgan fingerprint density at radius 2 is 2.26 bits per heavy atom. The predicted octanol–water partition coefficient (Wildman–Crippen LogP) is 2.19. The summed E-state index contributed by atoms with van der Waals surface area (Å²) in [4.78, 5) is 16.9. The van der Waals surface area contributed by atoms with E-state index >= 15 is 0 Å². The van der Waals surface area contributed by atoms with Gasteiger partial charge in [-0.25, -0.2) is 4.98 Å². The molecule has 0 aromatic carbocycles. The van der Waals surface area contributed by atoms with Gasteiger partial charge in [0, 0.05) is 29.8 Å². The molecule has 0 amide bonds. The molecule has 0 radical (unpaired) electrons. The molecule has 1 aromatic heterocycles. The van der Waals surface area contributed by atoms with E-state index in [2.05, 4.69) is 26.2 Å². The zero-order chi connectivity index (χ0) is 13.8. The van der Waals surface area contributed by atoms with Gasteiger partial charge in [-0.3, -0.25) is 10.1 Å². The molecular formula is C12H17BrN4O2. The van der Waals surface area contributed by atoms with Gasteiger partial charge in [0.1, 0.15) is 0 Å². The predicted molar refractivity (Wildman–Crippen MR) is 77.5 cm³/mol.